The highest BCUT2D eigenvalue weighted by Crippen LogP contribution is 2.10. The molecule has 0 aliphatic heterocycles. The highest BCUT2D eigenvalue weighted by atomic mass is 16.2. The summed E-state index contributed by atoms with van der Waals surface area (Å²) in [4.78, 5) is 40.7. The maximum atomic E-state index is 12.8. The number of nitrogens with zero attached hydrogens (tertiary/aromatic N) is 4. The van der Waals surface area contributed by atoms with Crippen LogP contribution in [0.15, 0.2) is 65.8 Å². The minimum Gasteiger partial charge on any atom is -0.350 e. The maximum Gasteiger partial charge on any atom is 0.264 e. The van der Waals surface area contributed by atoms with Crippen LogP contribution in [0.1, 0.15) is 28.4 Å². The number of aryl methyl sites for hydroxylation is 1. The van der Waals surface area contributed by atoms with Crippen LogP contribution in [0.25, 0.3) is 11.0 Å². The Morgan fingerprint density at radius 2 is 1.76 bits per heavy atom. The smallest absolute Gasteiger partial charge is 0.264 e. The van der Waals surface area contributed by atoms with E-state index >= 15 is 0 Å². The molecule has 2 aromatic heterocycles. The summed E-state index contributed by atoms with van der Waals surface area (Å²) in [6, 6.07) is 14.6. The summed E-state index contributed by atoms with van der Waals surface area (Å²) < 4.78 is 3.17. The monoisotopic (exact) mass is 444 g/mol. The van der Waals surface area contributed by atoms with E-state index in [4.69, 9.17) is 0 Å². The van der Waals surface area contributed by atoms with Crippen LogP contribution in [0.2, 0.25) is 0 Å². The first-order chi connectivity index (χ1) is 15.9. The van der Waals surface area contributed by atoms with E-state index in [0.717, 1.165) is 11.1 Å². The first kappa shape index (κ1) is 21.9. The Morgan fingerprint density at radius 3 is 2.45 bits per heavy atom. The Hall–Kier alpha value is -4.27. The molecule has 0 radical (unpaired) electrons. The molecule has 168 valence electrons. The molecular weight excluding hydrogens is 420 g/mol. The van der Waals surface area contributed by atoms with Crippen molar-refractivity contribution in [3.05, 3.63) is 88.1 Å². The van der Waals surface area contributed by atoms with Gasteiger partial charge in [0.15, 0.2) is 5.65 Å². The number of amides is 2. The molecule has 33 heavy (non-hydrogen) atoms. The van der Waals surface area contributed by atoms with Crippen molar-refractivity contribution in [3.8, 4) is 0 Å². The first-order valence-electron chi connectivity index (χ1n) is 10.5. The third-order valence-electron chi connectivity index (χ3n) is 5.17. The van der Waals surface area contributed by atoms with E-state index in [-0.39, 0.29) is 17.4 Å². The lowest BCUT2D eigenvalue weighted by Gasteiger charge is -2.08. The Kier molecular flexibility index (Phi) is 6.30. The highest BCUT2D eigenvalue weighted by molar-refractivity contribution is 5.95. The minimum atomic E-state index is -0.241. The van der Waals surface area contributed by atoms with Crippen LogP contribution in [0.4, 0.5) is 5.69 Å². The second-order valence-electron chi connectivity index (χ2n) is 7.78. The Labute approximate surface area is 190 Å². The first-order valence-corrected chi connectivity index (χ1v) is 10.5. The molecule has 2 N–H and O–H groups in total. The van der Waals surface area contributed by atoms with Gasteiger partial charge in [-0.1, -0.05) is 29.8 Å². The van der Waals surface area contributed by atoms with Crippen LogP contribution in [0, 0.1) is 6.92 Å². The topological polar surface area (TPSA) is 111 Å². The van der Waals surface area contributed by atoms with Crippen molar-refractivity contribution in [3.63, 3.8) is 0 Å². The molecule has 9 heteroatoms. The molecule has 4 aromatic rings. The van der Waals surface area contributed by atoms with E-state index in [2.05, 4.69) is 20.7 Å². The van der Waals surface area contributed by atoms with Crippen molar-refractivity contribution in [2.24, 2.45) is 0 Å². The standard InChI is InChI=1S/C24H24N6O3/c1-16-3-5-18(6-4-16)14-29-15-26-22-21(24(29)33)13-27-30(22)12-11-25-23(32)19-7-9-20(10-8-19)28-17(2)31/h3-10,13,15H,11-12,14H2,1-2H3,(H,25,32)(H,28,31). The number of aromatic nitrogens is 4. The Morgan fingerprint density at radius 1 is 1.03 bits per heavy atom. The molecular formula is C24H24N6O3. The second-order valence-corrected chi connectivity index (χ2v) is 7.78. The summed E-state index contributed by atoms with van der Waals surface area (Å²) >= 11 is 0. The van der Waals surface area contributed by atoms with Gasteiger partial charge in [0.25, 0.3) is 11.5 Å². The van der Waals surface area contributed by atoms with E-state index in [1.807, 2.05) is 31.2 Å². The summed E-state index contributed by atoms with van der Waals surface area (Å²) in [7, 11) is 0. The second kappa shape index (κ2) is 9.47. The molecule has 0 atom stereocenters. The van der Waals surface area contributed by atoms with Crippen LogP contribution in [-0.2, 0) is 17.9 Å². The number of fused-ring (bicyclic) bond motifs is 1. The molecule has 0 aliphatic rings. The molecule has 4 rings (SSSR count). The third kappa shape index (κ3) is 5.15. The molecule has 9 nitrogen and oxygen atoms in total. The maximum absolute atomic E-state index is 12.8. The van der Waals surface area contributed by atoms with Crippen molar-refractivity contribution < 1.29 is 9.59 Å². The van der Waals surface area contributed by atoms with Crippen LogP contribution in [0.3, 0.4) is 0 Å². The molecule has 0 fully saturated rings. The predicted octanol–water partition coefficient (Wildman–Crippen LogP) is 2.34. The van der Waals surface area contributed by atoms with Crippen LogP contribution >= 0.6 is 0 Å². The zero-order valence-electron chi connectivity index (χ0n) is 18.4. The number of hydrogen-bond acceptors (Lipinski definition) is 5. The van der Waals surface area contributed by atoms with E-state index in [1.54, 1.807) is 33.5 Å². The third-order valence-corrected chi connectivity index (χ3v) is 5.17. The van der Waals surface area contributed by atoms with Gasteiger partial charge in [0, 0.05) is 24.7 Å². The Bertz CT molecular complexity index is 1350. The van der Waals surface area contributed by atoms with E-state index in [1.165, 1.54) is 19.4 Å². The zero-order valence-corrected chi connectivity index (χ0v) is 18.4. The number of anilines is 1. The van der Waals surface area contributed by atoms with Crippen LogP contribution < -0.4 is 16.2 Å². The predicted molar refractivity (Wildman–Crippen MR) is 125 cm³/mol. The highest BCUT2D eigenvalue weighted by Gasteiger charge is 2.11. The number of carbonyl (C=O) groups is 2. The number of hydrogen-bond donors (Lipinski definition) is 2. The van der Waals surface area contributed by atoms with Gasteiger partial charge in [-0.25, -0.2) is 9.67 Å². The van der Waals surface area contributed by atoms with Gasteiger partial charge >= 0.3 is 0 Å². The lowest BCUT2D eigenvalue weighted by molar-refractivity contribution is -0.114. The molecule has 0 saturated carbocycles. The van der Waals surface area contributed by atoms with Gasteiger partial charge in [-0.2, -0.15) is 5.10 Å². The number of carbonyl (C=O) groups excluding carboxylic acids is 2. The van der Waals surface area contributed by atoms with Gasteiger partial charge in [-0.3, -0.25) is 19.0 Å². The minimum absolute atomic E-state index is 0.157. The number of benzene rings is 2. The van der Waals surface area contributed by atoms with Crippen molar-refractivity contribution in [2.75, 3.05) is 11.9 Å². The Balaban J connectivity index is 1.39. The molecule has 2 amide bonds. The average Bonchev–Trinajstić information content (AvgIpc) is 3.21. The lowest BCUT2D eigenvalue weighted by Crippen LogP contribution is -2.27. The fourth-order valence-corrected chi connectivity index (χ4v) is 3.45. The van der Waals surface area contributed by atoms with Crippen LogP contribution in [0.5, 0.6) is 0 Å². The largest absolute Gasteiger partial charge is 0.350 e. The van der Waals surface area contributed by atoms with Crippen LogP contribution in [-0.4, -0.2) is 37.7 Å². The number of rotatable bonds is 7. The van der Waals surface area contributed by atoms with Gasteiger partial charge in [-0.15, -0.1) is 0 Å². The SMILES string of the molecule is CC(=O)Nc1ccc(C(=O)NCCn2ncc3c(=O)n(Cc4ccc(C)cc4)cnc32)cc1. The van der Waals surface area contributed by atoms with Crippen molar-refractivity contribution in [1.29, 1.82) is 0 Å². The molecule has 0 unspecified atom stereocenters. The quantitative estimate of drug-likeness (QED) is 0.455. The summed E-state index contributed by atoms with van der Waals surface area (Å²) in [6.45, 7) is 4.56. The van der Waals surface area contributed by atoms with E-state index in [0.29, 0.717) is 41.9 Å². The summed E-state index contributed by atoms with van der Waals surface area (Å²) in [6.07, 6.45) is 3.04. The fourth-order valence-electron chi connectivity index (χ4n) is 3.45. The molecule has 0 saturated heterocycles. The van der Waals surface area contributed by atoms with Crippen molar-refractivity contribution >= 4 is 28.5 Å². The molecule has 0 bridgehead atoms. The fraction of sp³-hybridized carbons (Fsp3) is 0.208. The van der Waals surface area contributed by atoms with Gasteiger partial charge in [0.05, 0.1) is 19.3 Å². The zero-order chi connectivity index (χ0) is 23.4. The molecule has 0 spiro atoms. The molecule has 0 aliphatic carbocycles. The van der Waals surface area contributed by atoms with E-state index in [9.17, 15) is 14.4 Å². The molecule has 2 aromatic carbocycles. The normalized spacial score (nSPS) is 10.8. The lowest BCUT2D eigenvalue weighted by atomic mass is 10.1. The summed E-state index contributed by atoms with van der Waals surface area (Å²) in [5.74, 6) is -0.414. The van der Waals surface area contributed by atoms with Gasteiger partial charge in [0.1, 0.15) is 11.7 Å². The van der Waals surface area contributed by atoms with Gasteiger partial charge < -0.3 is 10.6 Å². The van der Waals surface area contributed by atoms with Crippen molar-refractivity contribution in [1.82, 2.24) is 24.6 Å². The molecule has 2 heterocycles. The van der Waals surface area contributed by atoms with Crippen molar-refractivity contribution in [2.45, 2.75) is 26.9 Å². The number of nitrogens with one attached hydrogen (secondary N) is 2. The van der Waals surface area contributed by atoms with Gasteiger partial charge in [0.2, 0.25) is 5.91 Å². The summed E-state index contributed by atoms with van der Waals surface area (Å²) in [5.41, 5.74) is 3.61. The van der Waals surface area contributed by atoms with E-state index < -0.39 is 0 Å². The average molecular weight is 444 g/mol. The summed E-state index contributed by atoms with van der Waals surface area (Å²) in [5, 5.41) is 10.2. The van der Waals surface area contributed by atoms with Gasteiger partial charge in [-0.05, 0) is 36.8 Å².